The van der Waals surface area contributed by atoms with Crippen molar-refractivity contribution in [3.63, 3.8) is 0 Å². The minimum absolute atomic E-state index is 0.366. The number of carbonyl (C=O) groups is 1. The highest BCUT2D eigenvalue weighted by atomic mass is 79.9. The summed E-state index contributed by atoms with van der Waals surface area (Å²) in [4.78, 5) is 12.3. The fraction of sp³-hybridized carbons (Fsp3) is 0.0769. The number of nitrogen functional groups attached to an aromatic ring is 1. The van der Waals surface area contributed by atoms with Crippen LogP contribution in [0.2, 0.25) is 0 Å². The van der Waals surface area contributed by atoms with Gasteiger partial charge in [0, 0.05) is 5.69 Å². The standard InChI is InChI=1S/C26H22BrN3O3/c1-32-24-14-17(15-29-30-26(31)21-11-4-5-12-23(21)28)13-22(27)25(24)33-16-19-9-6-8-18-7-2-3-10-20(18)19/h2-15H,16,28H2,1H3,(H,30,31). The summed E-state index contributed by atoms with van der Waals surface area (Å²) in [6.45, 7) is 0.387. The van der Waals surface area contributed by atoms with Crippen molar-refractivity contribution in [1.29, 1.82) is 0 Å². The first-order valence-electron chi connectivity index (χ1n) is 10.2. The summed E-state index contributed by atoms with van der Waals surface area (Å²) in [5.41, 5.74) is 10.9. The highest BCUT2D eigenvalue weighted by molar-refractivity contribution is 9.10. The summed E-state index contributed by atoms with van der Waals surface area (Å²) in [6, 6.07) is 24.8. The summed E-state index contributed by atoms with van der Waals surface area (Å²) >= 11 is 3.56. The van der Waals surface area contributed by atoms with Crippen molar-refractivity contribution in [2.24, 2.45) is 5.10 Å². The first-order valence-corrected chi connectivity index (χ1v) is 11.0. The quantitative estimate of drug-likeness (QED) is 0.197. The number of hydrogen-bond donors (Lipinski definition) is 2. The van der Waals surface area contributed by atoms with Gasteiger partial charge in [0.2, 0.25) is 0 Å². The van der Waals surface area contributed by atoms with Gasteiger partial charge in [-0.15, -0.1) is 0 Å². The maximum Gasteiger partial charge on any atom is 0.273 e. The molecule has 3 N–H and O–H groups in total. The Balaban J connectivity index is 1.49. The molecule has 0 aliphatic rings. The van der Waals surface area contributed by atoms with E-state index in [1.54, 1.807) is 37.4 Å². The van der Waals surface area contributed by atoms with Crippen molar-refractivity contribution in [3.05, 3.63) is 100 Å². The summed E-state index contributed by atoms with van der Waals surface area (Å²) < 4.78 is 12.4. The van der Waals surface area contributed by atoms with Crippen LogP contribution < -0.4 is 20.6 Å². The SMILES string of the molecule is COc1cc(C=NNC(=O)c2ccccc2N)cc(Br)c1OCc1cccc2ccccc12. The molecule has 7 heteroatoms. The van der Waals surface area contributed by atoms with E-state index in [2.05, 4.69) is 44.7 Å². The topological polar surface area (TPSA) is 85.9 Å². The lowest BCUT2D eigenvalue weighted by atomic mass is 10.1. The van der Waals surface area contributed by atoms with Crippen LogP contribution in [0.5, 0.6) is 11.5 Å². The number of halogens is 1. The summed E-state index contributed by atoms with van der Waals surface area (Å²) in [7, 11) is 1.58. The normalized spacial score (nSPS) is 11.0. The molecule has 0 saturated carbocycles. The van der Waals surface area contributed by atoms with Crippen molar-refractivity contribution in [2.75, 3.05) is 12.8 Å². The lowest BCUT2D eigenvalue weighted by Gasteiger charge is -2.14. The Morgan fingerprint density at radius 1 is 1.06 bits per heavy atom. The lowest BCUT2D eigenvalue weighted by molar-refractivity contribution is 0.0956. The second-order valence-electron chi connectivity index (χ2n) is 7.25. The number of carbonyl (C=O) groups excluding carboxylic acids is 1. The average Bonchev–Trinajstić information content (AvgIpc) is 2.83. The van der Waals surface area contributed by atoms with Gasteiger partial charge in [-0.1, -0.05) is 54.6 Å². The number of nitrogens with one attached hydrogen (secondary N) is 1. The number of nitrogens with zero attached hydrogens (tertiary/aromatic N) is 1. The van der Waals surface area contributed by atoms with Crippen molar-refractivity contribution in [1.82, 2.24) is 5.43 Å². The van der Waals surface area contributed by atoms with Crippen LogP contribution >= 0.6 is 15.9 Å². The number of hydrogen-bond acceptors (Lipinski definition) is 5. The molecule has 0 aliphatic carbocycles. The third kappa shape index (κ3) is 5.15. The van der Waals surface area contributed by atoms with Crippen molar-refractivity contribution in [2.45, 2.75) is 6.61 Å². The van der Waals surface area contributed by atoms with E-state index in [-0.39, 0.29) is 5.91 Å². The molecule has 0 heterocycles. The number of ether oxygens (including phenoxy) is 2. The summed E-state index contributed by atoms with van der Waals surface area (Å²) in [5, 5.41) is 6.35. The van der Waals surface area contributed by atoms with E-state index in [1.165, 1.54) is 6.21 Å². The lowest BCUT2D eigenvalue weighted by Crippen LogP contribution is -2.19. The zero-order valence-corrected chi connectivity index (χ0v) is 19.5. The van der Waals surface area contributed by atoms with E-state index < -0.39 is 0 Å². The third-order valence-corrected chi connectivity index (χ3v) is 5.68. The maximum absolute atomic E-state index is 12.3. The van der Waals surface area contributed by atoms with Crippen LogP contribution in [0.4, 0.5) is 5.69 Å². The van der Waals surface area contributed by atoms with Gasteiger partial charge in [-0.3, -0.25) is 4.79 Å². The number of nitrogens with two attached hydrogens (primary N) is 1. The van der Waals surface area contributed by atoms with Crippen LogP contribution in [-0.4, -0.2) is 19.2 Å². The molecule has 0 bridgehead atoms. The zero-order chi connectivity index (χ0) is 23.2. The molecular formula is C26H22BrN3O3. The van der Waals surface area contributed by atoms with E-state index in [0.29, 0.717) is 33.8 Å². The van der Waals surface area contributed by atoms with E-state index in [0.717, 1.165) is 21.9 Å². The average molecular weight is 504 g/mol. The Hall–Kier alpha value is -3.84. The number of amides is 1. The Kier molecular flexibility index (Phi) is 6.90. The largest absolute Gasteiger partial charge is 0.493 e. The van der Waals surface area contributed by atoms with Gasteiger partial charge in [-0.2, -0.15) is 5.10 Å². The van der Waals surface area contributed by atoms with Crippen molar-refractivity contribution < 1.29 is 14.3 Å². The second-order valence-corrected chi connectivity index (χ2v) is 8.10. The third-order valence-electron chi connectivity index (χ3n) is 5.09. The molecule has 33 heavy (non-hydrogen) atoms. The van der Waals surface area contributed by atoms with Gasteiger partial charge in [0.1, 0.15) is 6.61 Å². The molecule has 4 aromatic carbocycles. The van der Waals surface area contributed by atoms with E-state index in [4.69, 9.17) is 15.2 Å². The fourth-order valence-electron chi connectivity index (χ4n) is 3.45. The number of rotatable bonds is 7. The molecule has 0 spiro atoms. The number of anilines is 1. The molecule has 0 aromatic heterocycles. The van der Waals surface area contributed by atoms with Crippen LogP contribution in [-0.2, 0) is 6.61 Å². The van der Waals surface area contributed by atoms with Crippen molar-refractivity contribution in [3.8, 4) is 11.5 Å². The molecule has 0 atom stereocenters. The fourth-order valence-corrected chi connectivity index (χ4v) is 4.03. The molecule has 1 amide bonds. The Bertz CT molecular complexity index is 1330. The van der Waals surface area contributed by atoms with Gasteiger partial charge in [-0.25, -0.2) is 5.43 Å². The first kappa shape index (κ1) is 22.4. The van der Waals surface area contributed by atoms with Crippen molar-refractivity contribution >= 4 is 44.5 Å². The molecule has 0 unspecified atom stereocenters. The van der Waals surface area contributed by atoms with E-state index in [9.17, 15) is 4.79 Å². The molecule has 166 valence electrons. The molecular weight excluding hydrogens is 482 g/mol. The number of methoxy groups -OCH3 is 1. The minimum atomic E-state index is -0.384. The predicted molar refractivity (Wildman–Crippen MR) is 135 cm³/mol. The van der Waals surface area contributed by atoms with Crippen LogP contribution in [0, 0.1) is 0 Å². The smallest absolute Gasteiger partial charge is 0.273 e. The first-order chi connectivity index (χ1) is 16.1. The van der Waals surface area contributed by atoms with Crippen LogP contribution in [0.1, 0.15) is 21.5 Å². The second kappa shape index (κ2) is 10.2. The molecule has 4 aromatic rings. The van der Waals surface area contributed by atoms with Gasteiger partial charge in [0.25, 0.3) is 5.91 Å². The van der Waals surface area contributed by atoms with Gasteiger partial charge >= 0.3 is 0 Å². The van der Waals surface area contributed by atoms with E-state index in [1.807, 2.05) is 30.3 Å². The molecule has 0 fully saturated rings. The van der Waals surface area contributed by atoms with Gasteiger partial charge in [0.15, 0.2) is 11.5 Å². The van der Waals surface area contributed by atoms with Crippen LogP contribution in [0.3, 0.4) is 0 Å². The van der Waals surface area contributed by atoms with Gasteiger partial charge in [-0.05, 0) is 62.1 Å². The molecule has 4 rings (SSSR count). The van der Waals surface area contributed by atoms with Crippen LogP contribution in [0.15, 0.2) is 88.4 Å². The zero-order valence-electron chi connectivity index (χ0n) is 17.9. The monoisotopic (exact) mass is 503 g/mol. The molecule has 0 radical (unpaired) electrons. The van der Waals surface area contributed by atoms with Crippen LogP contribution in [0.25, 0.3) is 10.8 Å². The highest BCUT2D eigenvalue weighted by Gasteiger charge is 2.13. The number of hydrazone groups is 1. The Morgan fingerprint density at radius 2 is 1.82 bits per heavy atom. The van der Waals surface area contributed by atoms with Gasteiger partial charge < -0.3 is 15.2 Å². The summed E-state index contributed by atoms with van der Waals surface area (Å²) in [6.07, 6.45) is 1.53. The van der Waals surface area contributed by atoms with Gasteiger partial charge in [0.05, 0.1) is 23.4 Å². The Morgan fingerprint density at radius 3 is 2.64 bits per heavy atom. The molecule has 0 aliphatic heterocycles. The minimum Gasteiger partial charge on any atom is -0.493 e. The summed E-state index contributed by atoms with van der Waals surface area (Å²) in [5.74, 6) is 0.749. The maximum atomic E-state index is 12.3. The Labute approximate surface area is 200 Å². The number of benzene rings is 4. The van der Waals surface area contributed by atoms with E-state index >= 15 is 0 Å². The number of fused-ring (bicyclic) bond motifs is 1. The highest BCUT2D eigenvalue weighted by Crippen LogP contribution is 2.37. The molecule has 0 saturated heterocycles. The predicted octanol–water partition coefficient (Wildman–Crippen LogP) is 5.54. The molecule has 6 nitrogen and oxygen atoms in total. The number of para-hydroxylation sites is 1.